The summed E-state index contributed by atoms with van der Waals surface area (Å²) in [5.74, 6) is 1.41. The highest BCUT2D eigenvalue weighted by atomic mass is 16.4. The lowest BCUT2D eigenvalue weighted by Crippen LogP contribution is -2.30. The van der Waals surface area contributed by atoms with Crippen molar-refractivity contribution < 1.29 is 10.0 Å². The highest BCUT2D eigenvalue weighted by molar-refractivity contribution is 6.58. The maximum absolute atomic E-state index is 10.4. The van der Waals surface area contributed by atoms with E-state index in [-0.39, 0.29) is 0 Å². The van der Waals surface area contributed by atoms with Crippen LogP contribution in [0.25, 0.3) is 56.2 Å². The second-order valence-electron chi connectivity index (χ2n) is 9.73. The molecule has 0 saturated carbocycles. The van der Waals surface area contributed by atoms with Gasteiger partial charge in [-0.15, -0.1) is 0 Å². The molecule has 7 rings (SSSR count). The van der Waals surface area contributed by atoms with Crippen LogP contribution in [0.3, 0.4) is 0 Å². The van der Waals surface area contributed by atoms with E-state index in [0.717, 1.165) is 51.0 Å². The molecule has 0 bridgehead atoms. The highest BCUT2D eigenvalue weighted by Crippen LogP contribution is 2.33. The Hall–Kier alpha value is -4.98. The third-order valence-electron chi connectivity index (χ3n) is 7.13. The lowest BCUT2D eigenvalue weighted by atomic mass is 9.78. The van der Waals surface area contributed by atoms with Crippen LogP contribution >= 0.6 is 0 Å². The van der Waals surface area contributed by atoms with Gasteiger partial charge in [-0.1, -0.05) is 72.8 Å². The molecule has 0 radical (unpaired) electrons. The minimum atomic E-state index is -1.66. The molecule has 2 heterocycles. The zero-order valence-electron chi connectivity index (χ0n) is 21.6. The largest absolute Gasteiger partial charge is 0.488 e. The van der Waals surface area contributed by atoms with Gasteiger partial charge in [-0.3, -0.25) is 9.13 Å². The topological polar surface area (TPSA) is 76.1 Å². The molecule has 1 aliphatic rings. The zero-order chi connectivity index (χ0) is 27.1. The van der Waals surface area contributed by atoms with E-state index in [2.05, 4.69) is 45.6 Å². The fourth-order valence-electron chi connectivity index (χ4n) is 5.32. The van der Waals surface area contributed by atoms with Crippen LogP contribution in [0.5, 0.6) is 0 Å². The summed E-state index contributed by atoms with van der Waals surface area (Å²) in [6.45, 7) is 0. The summed E-state index contributed by atoms with van der Waals surface area (Å²) >= 11 is 0. The first kappa shape index (κ1) is 24.1. The number of aromatic nitrogens is 4. The zero-order valence-corrected chi connectivity index (χ0v) is 21.6. The van der Waals surface area contributed by atoms with Crippen molar-refractivity contribution in [2.45, 2.75) is 6.42 Å². The van der Waals surface area contributed by atoms with Gasteiger partial charge in [0.25, 0.3) is 0 Å². The Morgan fingerprint density at radius 3 is 1.93 bits per heavy atom. The van der Waals surface area contributed by atoms with Crippen molar-refractivity contribution in [1.29, 1.82) is 0 Å². The van der Waals surface area contributed by atoms with Gasteiger partial charge in [0, 0.05) is 22.5 Å². The molecule has 4 aromatic carbocycles. The summed E-state index contributed by atoms with van der Waals surface area (Å²) in [6, 6.07) is 31.7. The van der Waals surface area contributed by atoms with Crippen molar-refractivity contribution in [3.8, 4) is 28.5 Å². The highest BCUT2D eigenvalue weighted by Gasteiger charge is 2.22. The molecule has 0 unspecified atom stereocenters. The molecule has 0 aliphatic heterocycles. The summed E-state index contributed by atoms with van der Waals surface area (Å²) in [6.07, 6.45) is 11.3. The molecule has 2 N–H and O–H groups in total. The molecule has 6 aromatic rings. The maximum Gasteiger partial charge on any atom is 0.488 e. The van der Waals surface area contributed by atoms with Crippen molar-refractivity contribution in [3.05, 3.63) is 127 Å². The Morgan fingerprint density at radius 2 is 1.25 bits per heavy atom. The van der Waals surface area contributed by atoms with Crippen LogP contribution in [0.4, 0.5) is 0 Å². The third kappa shape index (κ3) is 4.18. The van der Waals surface area contributed by atoms with Crippen LogP contribution in [-0.4, -0.2) is 36.3 Å². The van der Waals surface area contributed by atoms with Crippen molar-refractivity contribution in [2.24, 2.45) is 0 Å². The van der Waals surface area contributed by atoms with Gasteiger partial charge in [-0.25, -0.2) is 9.97 Å². The molecule has 0 atom stereocenters. The molecule has 6 nitrogen and oxygen atoms in total. The SMILES string of the molecule is OB(O)c1cc(-c2nc3ccccc3n2C2=CC=CCC=C2)cc(-c2nc3ccccc3n2-c2ccccc2)c1. The minimum absolute atomic E-state index is 0.364. The van der Waals surface area contributed by atoms with Gasteiger partial charge in [-0.05, 0) is 66.5 Å². The lowest BCUT2D eigenvalue weighted by molar-refractivity contribution is 0.426. The quantitative estimate of drug-likeness (QED) is 0.284. The number of nitrogens with zero attached hydrogens (tertiary/aromatic N) is 4. The average Bonchev–Trinajstić information content (AvgIpc) is 3.46. The second-order valence-corrected chi connectivity index (χ2v) is 9.73. The monoisotopic (exact) mass is 520 g/mol. The predicted octanol–water partition coefficient (Wildman–Crippen LogP) is 5.75. The Kier molecular flexibility index (Phi) is 6.00. The minimum Gasteiger partial charge on any atom is -0.423 e. The Balaban J connectivity index is 1.51. The van der Waals surface area contributed by atoms with E-state index in [4.69, 9.17) is 9.97 Å². The van der Waals surface area contributed by atoms with Crippen molar-refractivity contribution in [3.63, 3.8) is 0 Å². The van der Waals surface area contributed by atoms with Gasteiger partial charge in [0.15, 0.2) is 0 Å². The Bertz CT molecular complexity index is 1970. The van der Waals surface area contributed by atoms with Crippen molar-refractivity contribution in [1.82, 2.24) is 19.1 Å². The number of imidazole rings is 2. The number of para-hydroxylation sites is 5. The van der Waals surface area contributed by atoms with Crippen LogP contribution in [-0.2, 0) is 0 Å². The van der Waals surface area contributed by atoms with E-state index in [9.17, 15) is 10.0 Å². The van der Waals surface area contributed by atoms with Crippen LogP contribution in [0.2, 0.25) is 0 Å². The fourth-order valence-corrected chi connectivity index (χ4v) is 5.32. The third-order valence-corrected chi connectivity index (χ3v) is 7.13. The van der Waals surface area contributed by atoms with Gasteiger partial charge >= 0.3 is 7.12 Å². The first-order valence-corrected chi connectivity index (χ1v) is 13.2. The van der Waals surface area contributed by atoms with Crippen LogP contribution in [0.15, 0.2) is 127 Å². The molecule has 0 saturated heterocycles. The van der Waals surface area contributed by atoms with E-state index in [1.165, 1.54) is 0 Å². The smallest absolute Gasteiger partial charge is 0.423 e. The van der Waals surface area contributed by atoms with Gasteiger partial charge < -0.3 is 10.0 Å². The molecule has 7 heteroatoms. The summed E-state index contributed by atoms with van der Waals surface area (Å²) < 4.78 is 4.22. The number of hydrogen-bond donors (Lipinski definition) is 2. The maximum atomic E-state index is 10.4. The number of hydrogen-bond acceptors (Lipinski definition) is 4. The number of fused-ring (bicyclic) bond motifs is 2. The molecular formula is C33H25BN4O2. The summed E-state index contributed by atoms with van der Waals surface area (Å²) in [7, 11) is -1.66. The lowest BCUT2D eigenvalue weighted by Gasteiger charge is -2.14. The van der Waals surface area contributed by atoms with Crippen LogP contribution in [0.1, 0.15) is 6.42 Å². The summed E-state index contributed by atoms with van der Waals surface area (Å²) in [5, 5.41) is 20.7. The van der Waals surface area contributed by atoms with E-state index in [0.29, 0.717) is 17.1 Å². The first-order chi connectivity index (χ1) is 19.7. The van der Waals surface area contributed by atoms with E-state index in [1.807, 2.05) is 78.9 Å². The second kappa shape index (κ2) is 9.96. The molecule has 192 valence electrons. The van der Waals surface area contributed by atoms with Crippen molar-refractivity contribution in [2.75, 3.05) is 0 Å². The Morgan fingerprint density at radius 1 is 0.650 bits per heavy atom. The first-order valence-electron chi connectivity index (χ1n) is 13.2. The van der Waals surface area contributed by atoms with Gasteiger partial charge in [0.05, 0.1) is 22.1 Å². The van der Waals surface area contributed by atoms with Gasteiger partial charge in [-0.2, -0.15) is 0 Å². The van der Waals surface area contributed by atoms with Crippen LogP contribution < -0.4 is 5.46 Å². The molecule has 1 aliphatic carbocycles. The van der Waals surface area contributed by atoms with Crippen molar-refractivity contribution >= 4 is 40.3 Å². The summed E-state index contributed by atoms with van der Waals surface area (Å²) in [4.78, 5) is 10.0. The van der Waals surface area contributed by atoms with Gasteiger partial charge in [0.1, 0.15) is 11.6 Å². The summed E-state index contributed by atoms with van der Waals surface area (Å²) in [5.41, 5.74) is 7.46. The van der Waals surface area contributed by atoms with E-state index in [1.54, 1.807) is 12.1 Å². The number of allylic oxidation sites excluding steroid dienone is 6. The molecule has 2 aromatic heterocycles. The normalized spacial score (nSPS) is 13.1. The molecule has 0 amide bonds. The predicted molar refractivity (Wildman–Crippen MR) is 162 cm³/mol. The molecule has 0 spiro atoms. The fraction of sp³-hybridized carbons (Fsp3) is 0.0303. The van der Waals surface area contributed by atoms with E-state index >= 15 is 0 Å². The molecule has 0 fully saturated rings. The number of benzene rings is 4. The molecular weight excluding hydrogens is 495 g/mol. The average molecular weight is 520 g/mol. The molecule has 40 heavy (non-hydrogen) atoms. The van der Waals surface area contributed by atoms with Gasteiger partial charge in [0.2, 0.25) is 0 Å². The van der Waals surface area contributed by atoms with E-state index < -0.39 is 7.12 Å². The number of rotatable bonds is 5. The Labute approximate surface area is 231 Å². The van der Waals surface area contributed by atoms with Crippen LogP contribution in [0, 0.1) is 0 Å². The standard InChI is InChI=1S/C33H25BN4O2/c39-34(40)25-21-23(32-35-28-16-8-10-18-30(28)37(32)26-12-4-1-2-5-13-26)20-24(22-25)33-36-29-17-9-11-19-31(29)38(33)27-14-6-3-7-15-27/h1,3-22,39-40H,2H2.